The number of hydrogen-bond acceptors (Lipinski definition) is 2. The van der Waals surface area contributed by atoms with Crippen LogP contribution >= 0.6 is 0 Å². The van der Waals surface area contributed by atoms with Crippen molar-refractivity contribution in [2.45, 2.75) is 24.9 Å². The van der Waals surface area contributed by atoms with Crippen molar-refractivity contribution in [3.63, 3.8) is 0 Å². The predicted octanol–water partition coefficient (Wildman–Crippen LogP) is 3.30. The number of aliphatic hydroxyl groups is 1. The molecule has 0 aromatic heterocycles. The van der Waals surface area contributed by atoms with E-state index < -0.39 is 6.10 Å². The number of ether oxygens (including phenoxy) is 1. The van der Waals surface area contributed by atoms with Gasteiger partial charge in [0.25, 0.3) is 0 Å². The summed E-state index contributed by atoms with van der Waals surface area (Å²) in [4.78, 5) is 0. The summed E-state index contributed by atoms with van der Waals surface area (Å²) in [6.07, 6.45) is 0.482. The van der Waals surface area contributed by atoms with Crippen molar-refractivity contribution in [2.24, 2.45) is 0 Å². The molecule has 0 saturated heterocycles. The van der Waals surface area contributed by atoms with Gasteiger partial charge in [-0.3, -0.25) is 0 Å². The number of aliphatic hydroxyl groups excluding tert-OH is 1. The van der Waals surface area contributed by atoms with Crippen LogP contribution in [-0.2, 0) is 6.42 Å². The van der Waals surface area contributed by atoms with Crippen molar-refractivity contribution >= 4 is 0 Å². The molecule has 0 spiro atoms. The van der Waals surface area contributed by atoms with Crippen LogP contribution in [0, 0.1) is 5.82 Å². The summed E-state index contributed by atoms with van der Waals surface area (Å²) in [5.41, 5.74) is 1.58. The highest BCUT2D eigenvalue weighted by molar-refractivity contribution is 5.38. The van der Waals surface area contributed by atoms with Gasteiger partial charge in [-0.05, 0) is 29.7 Å². The summed E-state index contributed by atoms with van der Waals surface area (Å²) in [6.45, 7) is 0.593. The minimum absolute atomic E-state index is 0.000411. The Kier molecular flexibility index (Phi) is 3.70. The highest BCUT2D eigenvalue weighted by Gasteiger charge is 2.28. The fourth-order valence-electron chi connectivity index (χ4n) is 2.80. The maximum absolute atomic E-state index is 13.7. The monoisotopic (exact) mass is 272 g/mol. The topological polar surface area (TPSA) is 29.5 Å². The summed E-state index contributed by atoms with van der Waals surface area (Å²) in [5.74, 6) is 0.572. The largest absolute Gasteiger partial charge is 0.493 e. The molecule has 0 fully saturated rings. The third-order valence-electron chi connectivity index (χ3n) is 3.86. The molecule has 0 aliphatic carbocycles. The molecule has 2 atom stereocenters. The Balaban J connectivity index is 1.82. The van der Waals surface area contributed by atoms with Crippen LogP contribution in [-0.4, -0.2) is 17.8 Å². The van der Waals surface area contributed by atoms with Crippen LogP contribution < -0.4 is 4.74 Å². The molecule has 0 radical (unpaired) electrons. The fourth-order valence-corrected chi connectivity index (χ4v) is 2.80. The first kappa shape index (κ1) is 13.1. The Morgan fingerprint density at radius 2 is 1.90 bits per heavy atom. The van der Waals surface area contributed by atoms with Gasteiger partial charge in [-0.2, -0.15) is 0 Å². The Bertz CT molecular complexity index is 597. The van der Waals surface area contributed by atoms with Crippen LogP contribution in [0.1, 0.15) is 23.5 Å². The molecule has 0 amide bonds. The van der Waals surface area contributed by atoms with Crippen molar-refractivity contribution < 1.29 is 14.2 Å². The molecular formula is C17H17FO2. The van der Waals surface area contributed by atoms with Crippen molar-refractivity contribution in [3.8, 4) is 5.75 Å². The molecule has 1 N–H and O–H groups in total. The minimum Gasteiger partial charge on any atom is -0.493 e. The average Bonchev–Trinajstić information content (AvgIpc) is 2.49. The highest BCUT2D eigenvalue weighted by Crippen LogP contribution is 2.36. The molecule has 1 aliphatic rings. The van der Waals surface area contributed by atoms with E-state index in [1.54, 1.807) is 18.2 Å². The molecule has 3 rings (SSSR count). The Morgan fingerprint density at radius 3 is 2.75 bits per heavy atom. The van der Waals surface area contributed by atoms with Gasteiger partial charge < -0.3 is 9.84 Å². The van der Waals surface area contributed by atoms with E-state index in [4.69, 9.17) is 4.74 Å². The molecule has 3 heteroatoms. The van der Waals surface area contributed by atoms with E-state index in [0.29, 0.717) is 18.6 Å². The minimum atomic E-state index is -0.600. The van der Waals surface area contributed by atoms with Crippen molar-refractivity contribution in [2.75, 3.05) is 6.61 Å². The summed E-state index contributed by atoms with van der Waals surface area (Å²) in [5, 5.41) is 10.5. The second-order valence-electron chi connectivity index (χ2n) is 5.14. The zero-order chi connectivity index (χ0) is 13.9. The summed E-state index contributed by atoms with van der Waals surface area (Å²) >= 11 is 0. The number of benzene rings is 2. The molecule has 0 saturated carbocycles. The van der Waals surface area contributed by atoms with E-state index in [0.717, 1.165) is 17.7 Å². The third kappa shape index (κ3) is 2.54. The molecule has 104 valence electrons. The fraction of sp³-hybridized carbons (Fsp3) is 0.294. The smallest absolute Gasteiger partial charge is 0.126 e. The molecule has 2 aromatic carbocycles. The maximum atomic E-state index is 13.7. The van der Waals surface area contributed by atoms with Crippen LogP contribution in [0.2, 0.25) is 0 Å². The third-order valence-corrected chi connectivity index (χ3v) is 3.86. The number of rotatable bonds is 3. The molecule has 2 unspecified atom stereocenters. The van der Waals surface area contributed by atoms with Gasteiger partial charge in [-0.1, -0.05) is 36.4 Å². The van der Waals surface area contributed by atoms with Gasteiger partial charge in [0.1, 0.15) is 11.6 Å². The van der Waals surface area contributed by atoms with Crippen LogP contribution in [0.25, 0.3) is 0 Å². The lowest BCUT2D eigenvalue weighted by atomic mass is 9.85. The summed E-state index contributed by atoms with van der Waals surface area (Å²) in [6, 6.07) is 14.4. The van der Waals surface area contributed by atoms with Crippen molar-refractivity contribution in [1.29, 1.82) is 0 Å². The Hall–Kier alpha value is -1.87. The van der Waals surface area contributed by atoms with Crippen LogP contribution in [0.3, 0.4) is 0 Å². The zero-order valence-electron chi connectivity index (χ0n) is 11.1. The Labute approximate surface area is 117 Å². The van der Waals surface area contributed by atoms with E-state index in [9.17, 15) is 9.50 Å². The lowest BCUT2D eigenvalue weighted by molar-refractivity contribution is 0.116. The van der Waals surface area contributed by atoms with Crippen LogP contribution in [0.4, 0.5) is 4.39 Å². The quantitative estimate of drug-likeness (QED) is 0.929. The number of fused-ring (bicyclic) bond motifs is 1. The first-order valence-electron chi connectivity index (χ1n) is 6.89. The molecular weight excluding hydrogens is 255 g/mol. The maximum Gasteiger partial charge on any atom is 0.126 e. The summed E-state index contributed by atoms with van der Waals surface area (Å²) < 4.78 is 19.3. The van der Waals surface area contributed by atoms with Crippen LogP contribution in [0.15, 0.2) is 48.5 Å². The van der Waals surface area contributed by atoms with Gasteiger partial charge in [0.15, 0.2) is 0 Å². The van der Waals surface area contributed by atoms with Gasteiger partial charge in [0, 0.05) is 12.3 Å². The Morgan fingerprint density at radius 1 is 1.15 bits per heavy atom. The second-order valence-corrected chi connectivity index (χ2v) is 5.14. The predicted molar refractivity (Wildman–Crippen MR) is 75.4 cm³/mol. The number of para-hydroxylation sites is 1. The highest BCUT2D eigenvalue weighted by atomic mass is 19.1. The van der Waals surface area contributed by atoms with E-state index in [1.807, 2.05) is 24.3 Å². The van der Waals surface area contributed by atoms with Gasteiger partial charge in [0.05, 0.1) is 12.7 Å². The van der Waals surface area contributed by atoms with Crippen molar-refractivity contribution in [1.82, 2.24) is 0 Å². The number of halogens is 1. The van der Waals surface area contributed by atoms with Gasteiger partial charge in [0.2, 0.25) is 0 Å². The van der Waals surface area contributed by atoms with Crippen molar-refractivity contribution in [3.05, 3.63) is 65.5 Å². The van der Waals surface area contributed by atoms with Crippen LogP contribution in [0.5, 0.6) is 5.75 Å². The molecule has 0 bridgehead atoms. The van der Waals surface area contributed by atoms with E-state index in [-0.39, 0.29) is 11.7 Å². The lowest BCUT2D eigenvalue weighted by Gasteiger charge is -2.29. The normalized spacial score (nSPS) is 19.0. The molecule has 20 heavy (non-hydrogen) atoms. The van der Waals surface area contributed by atoms with Gasteiger partial charge in [-0.25, -0.2) is 4.39 Å². The number of hydrogen-bond donors (Lipinski definition) is 1. The zero-order valence-corrected chi connectivity index (χ0v) is 11.1. The standard InChI is InChI=1S/C17H17FO2/c18-15-7-3-1-5-12(15)11-16(19)13-9-10-20-17-8-4-2-6-14(13)17/h1-8,13,16,19H,9-11H2. The molecule has 1 aliphatic heterocycles. The molecule has 2 nitrogen and oxygen atoms in total. The van der Waals surface area contributed by atoms with E-state index in [1.165, 1.54) is 6.07 Å². The second kappa shape index (κ2) is 5.63. The van der Waals surface area contributed by atoms with E-state index >= 15 is 0 Å². The van der Waals surface area contributed by atoms with E-state index in [2.05, 4.69) is 0 Å². The van der Waals surface area contributed by atoms with Gasteiger partial charge >= 0.3 is 0 Å². The van der Waals surface area contributed by atoms with Gasteiger partial charge in [-0.15, -0.1) is 0 Å². The molecule has 2 aromatic rings. The molecule has 1 heterocycles. The first-order chi connectivity index (χ1) is 9.75. The lowest BCUT2D eigenvalue weighted by Crippen LogP contribution is -2.27. The SMILES string of the molecule is OC(Cc1ccccc1F)C1CCOc2ccccc21. The summed E-state index contributed by atoms with van der Waals surface area (Å²) in [7, 11) is 0. The first-order valence-corrected chi connectivity index (χ1v) is 6.89. The average molecular weight is 272 g/mol.